The number of rotatable bonds is 5. The monoisotopic (exact) mass is 308 g/mol. The quantitative estimate of drug-likeness (QED) is 0.660. The first-order chi connectivity index (χ1) is 9.99. The van der Waals surface area contributed by atoms with Gasteiger partial charge in [-0.05, 0) is 30.5 Å². The van der Waals surface area contributed by atoms with Crippen molar-refractivity contribution in [2.24, 2.45) is 0 Å². The highest BCUT2D eigenvalue weighted by atomic mass is 35.5. The van der Waals surface area contributed by atoms with Gasteiger partial charge < -0.3 is 5.32 Å². The van der Waals surface area contributed by atoms with Crippen LogP contribution in [0.3, 0.4) is 0 Å². The molecular weight excluding hydrogens is 295 g/mol. The molecule has 0 spiro atoms. The molecule has 0 fully saturated rings. The maximum atomic E-state index is 13.3. The summed E-state index contributed by atoms with van der Waals surface area (Å²) in [6.07, 6.45) is 0.707. The van der Waals surface area contributed by atoms with Gasteiger partial charge in [0.1, 0.15) is 11.5 Å². The van der Waals surface area contributed by atoms with Crippen LogP contribution in [-0.2, 0) is 6.42 Å². The lowest BCUT2D eigenvalue weighted by Crippen LogP contribution is -2.08. The molecule has 2 aromatic rings. The molecule has 0 heterocycles. The van der Waals surface area contributed by atoms with E-state index in [1.807, 2.05) is 31.2 Å². The van der Waals surface area contributed by atoms with Crippen molar-refractivity contribution in [3.05, 3.63) is 68.5 Å². The summed E-state index contributed by atoms with van der Waals surface area (Å²) in [5.74, 6) is -0.798. The highest BCUT2D eigenvalue weighted by Gasteiger charge is 2.17. The maximum Gasteiger partial charge on any atom is 0.295 e. The summed E-state index contributed by atoms with van der Waals surface area (Å²) in [6, 6.07) is 9.98. The molecule has 21 heavy (non-hydrogen) atoms. The molecule has 2 aromatic carbocycles. The molecule has 0 aliphatic rings. The molecule has 4 nitrogen and oxygen atoms in total. The van der Waals surface area contributed by atoms with E-state index in [1.54, 1.807) is 0 Å². The Morgan fingerprint density at radius 2 is 2.05 bits per heavy atom. The SMILES string of the molecule is Cc1ccccc1CCNc1cc(Cl)c(F)cc1[N+](=O)[O-]. The zero-order chi connectivity index (χ0) is 15.4. The highest BCUT2D eigenvalue weighted by Crippen LogP contribution is 2.30. The van der Waals surface area contributed by atoms with Crippen LogP contribution in [-0.4, -0.2) is 11.5 Å². The third kappa shape index (κ3) is 3.70. The molecule has 0 bridgehead atoms. The zero-order valence-corrected chi connectivity index (χ0v) is 12.2. The predicted molar refractivity (Wildman–Crippen MR) is 81.4 cm³/mol. The first-order valence-corrected chi connectivity index (χ1v) is 6.78. The summed E-state index contributed by atoms with van der Waals surface area (Å²) in [4.78, 5) is 10.3. The van der Waals surface area contributed by atoms with Gasteiger partial charge in [0.05, 0.1) is 16.0 Å². The number of hydrogen-bond acceptors (Lipinski definition) is 3. The number of hydrogen-bond donors (Lipinski definition) is 1. The second kappa shape index (κ2) is 6.54. The van der Waals surface area contributed by atoms with Gasteiger partial charge in [0.2, 0.25) is 0 Å². The van der Waals surface area contributed by atoms with Gasteiger partial charge in [-0.2, -0.15) is 0 Å². The number of anilines is 1. The minimum absolute atomic E-state index is 0.140. The third-order valence-electron chi connectivity index (χ3n) is 3.21. The van der Waals surface area contributed by atoms with Crippen molar-refractivity contribution in [1.82, 2.24) is 0 Å². The Bertz CT molecular complexity index is 677. The Balaban J connectivity index is 2.11. The molecule has 2 rings (SSSR count). The van der Waals surface area contributed by atoms with E-state index in [0.717, 1.165) is 17.2 Å². The summed E-state index contributed by atoms with van der Waals surface area (Å²) in [6.45, 7) is 2.50. The molecule has 0 radical (unpaired) electrons. The lowest BCUT2D eigenvalue weighted by molar-refractivity contribution is -0.384. The van der Waals surface area contributed by atoms with E-state index in [4.69, 9.17) is 11.6 Å². The number of halogens is 2. The smallest absolute Gasteiger partial charge is 0.295 e. The summed E-state index contributed by atoms with van der Waals surface area (Å²) in [7, 11) is 0. The van der Waals surface area contributed by atoms with Gasteiger partial charge in [0.15, 0.2) is 0 Å². The normalized spacial score (nSPS) is 10.4. The summed E-state index contributed by atoms with van der Waals surface area (Å²) in [5, 5.41) is 13.7. The minimum atomic E-state index is -0.798. The van der Waals surface area contributed by atoms with Gasteiger partial charge in [-0.3, -0.25) is 10.1 Å². The van der Waals surface area contributed by atoms with Gasteiger partial charge in [0.25, 0.3) is 5.69 Å². The van der Waals surface area contributed by atoms with Crippen molar-refractivity contribution in [2.75, 3.05) is 11.9 Å². The Morgan fingerprint density at radius 1 is 1.33 bits per heavy atom. The number of nitrogens with zero attached hydrogens (tertiary/aromatic N) is 1. The van der Waals surface area contributed by atoms with Gasteiger partial charge in [-0.1, -0.05) is 35.9 Å². The highest BCUT2D eigenvalue weighted by molar-refractivity contribution is 6.31. The second-order valence-corrected chi connectivity index (χ2v) is 5.05. The van der Waals surface area contributed by atoms with E-state index in [0.29, 0.717) is 13.0 Å². The molecule has 0 saturated heterocycles. The van der Waals surface area contributed by atoms with E-state index in [1.165, 1.54) is 6.07 Å². The Labute approximate surface area is 126 Å². The Kier molecular flexibility index (Phi) is 4.75. The van der Waals surface area contributed by atoms with E-state index < -0.39 is 10.7 Å². The lowest BCUT2D eigenvalue weighted by Gasteiger charge is -2.09. The molecule has 0 saturated carbocycles. The molecule has 110 valence electrons. The number of nitro groups is 1. The fourth-order valence-corrected chi connectivity index (χ4v) is 2.22. The van der Waals surface area contributed by atoms with Gasteiger partial charge in [-0.25, -0.2) is 4.39 Å². The molecular formula is C15H14ClFN2O2. The molecule has 0 aromatic heterocycles. The largest absolute Gasteiger partial charge is 0.379 e. The van der Waals surface area contributed by atoms with Gasteiger partial charge in [-0.15, -0.1) is 0 Å². The summed E-state index contributed by atoms with van der Waals surface area (Å²) in [5.41, 5.74) is 2.22. The average molecular weight is 309 g/mol. The molecule has 0 amide bonds. The van der Waals surface area contributed by atoms with Crippen LogP contribution in [0.1, 0.15) is 11.1 Å². The van der Waals surface area contributed by atoms with E-state index in [2.05, 4.69) is 5.32 Å². The molecule has 6 heteroatoms. The van der Waals surface area contributed by atoms with Gasteiger partial charge >= 0.3 is 0 Å². The number of aryl methyl sites for hydroxylation is 1. The van der Waals surface area contributed by atoms with Crippen LogP contribution in [0.4, 0.5) is 15.8 Å². The fraction of sp³-hybridized carbons (Fsp3) is 0.200. The van der Waals surface area contributed by atoms with Crippen molar-refractivity contribution in [3.8, 4) is 0 Å². The topological polar surface area (TPSA) is 55.2 Å². The van der Waals surface area contributed by atoms with Crippen molar-refractivity contribution < 1.29 is 9.31 Å². The molecule has 0 atom stereocenters. The zero-order valence-electron chi connectivity index (χ0n) is 11.4. The van der Waals surface area contributed by atoms with Crippen molar-refractivity contribution in [2.45, 2.75) is 13.3 Å². The standard InChI is InChI=1S/C15H14ClFN2O2/c1-10-4-2-3-5-11(10)6-7-18-14-8-12(16)13(17)9-15(14)19(20)21/h2-5,8-9,18H,6-7H2,1H3. The van der Waals surface area contributed by atoms with Crippen LogP contribution >= 0.6 is 11.6 Å². The van der Waals surface area contributed by atoms with Crippen molar-refractivity contribution in [1.29, 1.82) is 0 Å². The van der Waals surface area contributed by atoms with E-state index >= 15 is 0 Å². The second-order valence-electron chi connectivity index (χ2n) is 4.64. The first-order valence-electron chi connectivity index (χ1n) is 6.41. The van der Waals surface area contributed by atoms with Crippen LogP contribution in [0.5, 0.6) is 0 Å². The molecule has 1 N–H and O–H groups in total. The molecule has 0 unspecified atom stereocenters. The number of nitrogens with one attached hydrogen (secondary N) is 1. The molecule has 0 aliphatic heterocycles. The minimum Gasteiger partial charge on any atom is -0.379 e. The number of nitro benzene ring substituents is 1. The van der Waals surface area contributed by atoms with Crippen LogP contribution in [0.25, 0.3) is 0 Å². The van der Waals surface area contributed by atoms with E-state index in [-0.39, 0.29) is 16.4 Å². The summed E-state index contributed by atoms with van der Waals surface area (Å²) >= 11 is 5.67. The maximum absolute atomic E-state index is 13.3. The average Bonchev–Trinajstić information content (AvgIpc) is 2.44. The lowest BCUT2D eigenvalue weighted by atomic mass is 10.1. The number of benzene rings is 2. The predicted octanol–water partition coefficient (Wildman–Crippen LogP) is 4.35. The Hall–Kier alpha value is -2.14. The van der Waals surface area contributed by atoms with Crippen molar-refractivity contribution >= 4 is 23.0 Å². The summed E-state index contributed by atoms with van der Waals surface area (Å²) < 4.78 is 13.3. The van der Waals surface area contributed by atoms with Crippen LogP contribution in [0.15, 0.2) is 36.4 Å². The van der Waals surface area contributed by atoms with Crippen LogP contribution in [0, 0.1) is 22.9 Å². The Morgan fingerprint density at radius 3 is 2.71 bits per heavy atom. The van der Waals surface area contributed by atoms with Gasteiger partial charge in [0, 0.05) is 6.54 Å². The van der Waals surface area contributed by atoms with Crippen LogP contribution in [0.2, 0.25) is 5.02 Å². The van der Waals surface area contributed by atoms with Crippen LogP contribution < -0.4 is 5.32 Å². The molecule has 0 aliphatic carbocycles. The van der Waals surface area contributed by atoms with E-state index in [9.17, 15) is 14.5 Å². The fourth-order valence-electron chi connectivity index (χ4n) is 2.05. The third-order valence-corrected chi connectivity index (χ3v) is 3.50. The first kappa shape index (κ1) is 15.3. The van der Waals surface area contributed by atoms with Crippen molar-refractivity contribution in [3.63, 3.8) is 0 Å².